The number of ether oxygens (including phenoxy) is 2. The van der Waals surface area contributed by atoms with Crippen molar-refractivity contribution >= 4 is 34.0 Å². The van der Waals surface area contributed by atoms with E-state index >= 15 is 0 Å². The molecule has 32 heavy (non-hydrogen) atoms. The fraction of sp³-hybridized carbons (Fsp3) is 0.381. The number of carbonyl (C=O) groups is 1. The number of rotatable bonds is 5. The topological polar surface area (TPSA) is 119 Å². The van der Waals surface area contributed by atoms with Crippen molar-refractivity contribution in [2.45, 2.75) is 38.7 Å². The lowest BCUT2D eigenvalue weighted by Crippen LogP contribution is -2.14. The number of hydrogen-bond donors (Lipinski definition) is 2. The molecule has 4 rings (SSSR count). The standard InChI is InChI=1S/C16H14ClN5O3S.C5H10O/c1-8-4-9(10-5-13(17)19-7-12(10)24-2)11(6-18-8)14(23)20-15-21-22-16(25-3)26-15;6-5-3-1-2-4-5/h4-7H,1-3H3,(H,20,21,23);5-6H,1-4H2. The van der Waals surface area contributed by atoms with Crippen LogP contribution in [0.5, 0.6) is 10.9 Å². The molecule has 1 aliphatic carbocycles. The van der Waals surface area contributed by atoms with E-state index in [-0.39, 0.29) is 17.2 Å². The summed E-state index contributed by atoms with van der Waals surface area (Å²) in [4.78, 5) is 21.0. The largest absolute Gasteiger partial charge is 0.494 e. The molecular formula is C21H24ClN5O4S. The summed E-state index contributed by atoms with van der Waals surface area (Å²) in [6, 6.07) is 3.42. The Labute approximate surface area is 194 Å². The third-order valence-corrected chi connectivity index (χ3v) is 5.76. The van der Waals surface area contributed by atoms with Crippen LogP contribution in [0.25, 0.3) is 11.1 Å². The normalized spacial score (nSPS) is 13.3. The Morgan fingerprint density at radius 2 is 1.88 bits per heavy atom. The number of nitrogens with one attached hydrogen (secondary N) is 1. The third-order valence-electron chi connectivity index (χ3n) is 4.76. The molecule has 3 aromatic rings. The average Bonchev–Trinajstić information content (AvgIpc) is 3.45. The molecule has 0 radical (unpaired) electrons. The van der Waals surface area contributed by atoms with E-state index in [0.717, 1.165) is 29.9 Å². The number of aromatic nitrogens is 4. The van der Waals surface area contributed by atoms with Crippen LogP contribution in [0.3, 0.4) is 0 Å². The van der Waals surface area contributed by atoms with Gasteiger partial charge >= 0.3 is 0 Å². The minimum absolute atomic E-state index is 0.0463. The summed E-state index contributed by atoms with van der Waals surface area (Å²) >= 11 is 7.15. The predicted octanol–water partition coefficient (Wildman–Crippen LogP) is 4.15. The van der Waals surface area contributed by atoms with Gasteiger partial charge < -0.3 is 14.6 Å². The van der Waals surface area contributed by atoms with Gasteiger partial charge in [-0.2, -0.15) is 0 Å². The number of carbonyl (C=O) groups excluding carboxylic acids is 1. The van der Waals surface area contributed by atoms with Gasteiger partial charge in [-0.1, -0.05) is 29.5 Å². The number of aliphatic hydroxyl groups is 1. The van der Waals surface area contributed by atoms with Gasteiger partial charge in [0.1, 0.15) is 10.9 Å². The SMILES string of the molecule is COc1nnc(NC(=O)c2cnc(C)cc2-c2cc(Cl)ncc2OC)s1.OC1CCCC1. The molecule has 0 aliphatic heterocycles. The van der Waals surface area contributed by atoms with E-state index in [1.165, 1.54) is 39.5 Å². The number of aliphatic hydroxyl groups excluding tert-OH is 1. The summed E-state index contributed by atoms with van der Waals surface area (Å²) in [6.45, 7) is 1.83. The molecule has 0 unspecified atom stereocenters. The maximum atomic E-state index is 12.8. The van der Waals surface area contributed by atoms with Crippen LogP contribution in [0.4, 0.5) is 5.13 Å². The van der Waals surface area contributed by atoms with Crippen LogP contribution in [-0.2, 0) is 0 Å². The number of methoxy groups -OCH3 is 2. The maximum Gasteiger partial charge on any atom is 0.295 e. The Morgan fingerprint density at radius 1 is 1.12 bits per heavy atom. The Hall–Kier alpha value is -2.82. The van der Waals surface area contributed by atoms with Crippen molar-refractivity contribution in [1.82, 2.24) is 20.2 Å². The summed E-state index contributed by atoms with van der Waals surface area (Å²) in [7, 11) is 3.00. The molecule has 170 valence electrons. The molecule has 0 aromatic carbocycles. The van der Waals surface area contributed by atoms with Gasteiger partial charge in [-0.15, -0.1) is 5.10 Å². The van der Waals surface area contributed by atoms with E-state index in [2.05, 4.69) is 25.5 Å². The summed E-state index contributed by atoms with van der Waals surface area (Å²) in [5, 5.41) is 20.0. The van der Waals surface area contributed by atoms with Crippen LogP contribution < -0.4 is 14.8 Å². The number of aryl methyl sites for hydroxylation is 1. The first-order valence-electron chi connectivity index (χ1n) is 9.94. The van der Waals surface area contributed by atoms with Crippen LogP contribution in [-0.4, -0.2) is 51.5 Å². The zero-order valence-corrected chi connectivity index (χ0v) is 19.5. The number of anilines is 1. The Morgan fingerprint density at radius 3 is 2.47 bits per heavy atom. The smallest absolute Gasteiger partial charge is 0.295 e. The lowest BCUT2D eigenvalue weighted by Gasteiger charge is -2.13. The van der Waals surface area contributed by atoms with Gasteiger partial charge in [-0.25, -0.2) is 4.98 Å². The fourth-order valence-corrected chi connectivity index (χ4v) is 3.88. The molecule has 3 aromatic heterocycles. The molecule has 0 saturated heterocycles. The summed E-state index contributed by atoms with van der Waals surface area (Å²) < 4.78 is 10.3. The van der Waals surface area contributed by atoms with Crippen LogP contribution in [0.2, 0.25) is 5.15 Å². The molecule has 2 N–H and O–H groups in total. The van der Waals surface area contributed by atoms with Crippen LogP contribution in [0.1, 0.15) is 41.7 Å². The van der Waals surface area contributed by atoms with Gasteiger partial charge in [0.25, 0.3) is 11.1 Å². The van der Waals surface area contributed by atoms with Gasteiger partial charge in [0, 0.05) is 23.0 Å². The molecule has 1 saturated carbocycles. The average molecular weight is 478 g/mol. The number of amides is 1. The van der Waals surface area contributed by atoms with Gasteiger partial charge in [0.05, 0.1) is 32.1 Å². The van der Waals surface area contributed by atoms with E-state index < -0.39 is 0 Å². The molecule has 0 atom stereocenters. The highest BCUT2D eigenvalue weighted by Crippen LogP contribution is 2.34. The van der Waals surface area contributed by atoms with E-state index in [1.807, 2.05) is 6.92 Å². The van der Waals surface area contributed by atoms with Crippen LogP contribution in [0, 0.1) is 6.92 Å². The van der Waals surface area contributed by atoms with Crippen molar-refractivity contribution in [3.63, 3.8) is 0 Å². The van der Waals surface area contributed by atoms with E-state index in [4.69, 9.17) is 26.2 Å². The first kappa shape index (κ1) is 23.8. The third kappa shape index (κ3) is 6.12. The highest BCUT2D eigenvalue weighted by molar-refractivity contribution is 7.17. The van der Waals surface area contributed by atoms with Crippen molar-refractivity contribution < 1.29 is 19.4 Å². The summed E-state index contributed by atoms with van der Waals surface area (Å²) in [5.74, 6) is 0.105. The molecular weight excluding hydrogens is 454 g/mol. The zero-order chi connectivity index (χ0) is 23.1. The van der Waals surface area contributed by atoms with Crippen molar-refractivity contribution in [3.8, 4) is 22.1 Å². The zero-order valence-electron chi connectivity index (χ0n) is 18.0. The van der Waals surface area contributed by atoms with Crippen molar-refractivity contribution in [2.75, 3.05) is 19.5 Å². The van der Waals surface area contributed by atoms with Gasteiger partial charge in [-0.3, -0.25) is 15.1 Å². The number of halogens is 1. The first-order chi connectivity index (χ1) is 15.4. The Kier molecular flexibility index (Phi) is 8.32. The molecule has 1 aliphatic rings. The summed E-state index contributed by atoms with van der Waals surface area (Å²) in [5.41, 5.74) is 2.33. The lowest BCUT2D eigenvalue weighted by molar-refractivity contribution is 0.102. The molecule has 1 fully saturated rings. The molecule has 0 bridgehead atoms. The van der Waals surface area contributed by atoms with E-state index in [0.29, 0.717) is 32.8 Å². The predicted molar refractivity (Wildman–Crippen MR) is 123 cm³/mol. The quantitative estimate of drug-likeness (QED) is 0.526. The Bertz CT molecular complexity index is 1070. The highest BCUT2D eigenvalue weighted by Gasteiger charge is 2.19. The molecule has 3 heterocycles. The minimum Gasteiger partial charge on any atom is -0.494 e. The number of hydrogen-bond acceptors (Lipinski definition) is 9. The molecule has 9 nitrogen and oxygen atoms in total. The second-order valence-electron chi connectivity index (χ2n) is 7.05. The van der Waals surface area contributed by atoms with Gasteiger partial charge in [-0.05, 0) is 43.2 Å². The number of pyridine rings is 2. The maximum absolute atomic E-state index is 12.8. The molecule has 11 heteroatoms. The van der Waals surface area contributed by atoms with Gasteiger partial charge in [0.15, 0.2) is 0 Å². The van der Waals surface area contributed by atoms with Crippen molar-refractivity contribution in [3.05, 3.63) is 40.9 Å². The monoisotopic (exact) mass is 477 g/mol. The second-order valence-corrected chi connectivity index (χ2v) is 8.38. The van der Waals surface area contributed by atoms with E-state index in [9.17, 15) is 4.79 Å². The lowest BCUT2D eigenvalue weighted by atomic mass is 10.0. The molecule has 1 amide bonds. The van der Waals surface area contributed by atoms with Crippen molar-refractivity contribution in [1.29, 1.82) is 0 Å². The summed E-state index contributed by atoms with van der Waals surface area (Å²) in [6.07, 6.45) is 7.60. The Balaban J connectivity index is 0.000000416. The minimum atomic E-state index is -0.388. The van der Waals surface area contributed by atoms with Crippen LogP contribution >= 0.6 is 22.9 Å². The van der Waals surface area contributed by atoms with E-state index in [1.54, 1.807) is 12.1 Å². The fourth-order valence-electron chi connectivity index (χ4n) is 3.17. The van der Waals surface area contributed by atoms with Crippen LogP contribution in [0.15, 0.2) is 24.5 Å². The second kappa shape index (κ2) is 11.2. The highest BCUT2D eigenvalue weighted by atomic mass is 35.5. The van der Waals surface area contributed by atoms with Gasteiger partial charge in [0.2, 0.25) is 5.13 Å². The first-order valence-corrected chi connectivity index (χ1v) is 11.1. The van der Waals surface area contributed by atoms with Crippen molar-refractivity contribution in [2.24, 2.45) is 0 Å². The molecule has 0 spiro atoms. The number of nitrogens with zero attached hydrogens (tertiary/aromatic N) is 4.